The Labute approximate surface area is 162 Å². The summed E-state index contributed by atoms with van der Waals surface area (Å²) >= 11 is 0. The lowest BCUT2D eigenvalue weighted by atomic mass is 10.1. The van der Waals surface area contributed by atoms with Crippen LogP contribution in [0.3, 0.4) is 0 Å². The third-order valence-electron chi connectivity index (χ3n) is 4.11. The van der Waals surface area contributed by atoms with Crippen LogP contribution in [0.5, 0.6) is 0 Å². The largest absolute Gasteiger partial charge is 0.452 e. The number of nitrogen functional groups attached to an aromatic ring is 1. The zero-order chi connectivity index (χ0) is 20.8. The van der Waals surface area contributed by atoms with Gasteiger partial charge in [-0.15, -0.1) is 0 Å². The molecular formula is C20H22FN3O4. The van der Waals surface area contributed by atoms with Crippen LogP contribution in [-0.4, -0.2) is 42.9 Å². The molecule has 2 aromatic rings. The summed E-state index contributed by atoms with van der Waals surface area (Å²) in [5.74, 6) is -2.37. The first kappa shape index (κ1) is 20.9. The van der Waals surface area contributed by atoms with Crippen molar-refractivity contribution in [2.24, 2.45) is 0 Å². The molecule has 0 unspecified atom stereocenters. The molecule has 0 aromatic heterocycles. The number of aryl methyl sites for hydroxylation is 2. The molecule has 148 valence electrons. The predicted octanol–water partition coefficient (Wildman–Crippen LogP) is 2.28. The van der Waals surface area contributed by atoms with Crippen molar-refractivity contribution in [2.75, 3.05) is 31.2 Å². The predicted molar refractivity (Wildman–Crippen MR) is 103 cm³/mol. The summed E-state index contributed by atoms with van der Waals surface area (Å²) in [6, 6.07) is 8.87. The maximum atomic E-state index is 13.0. The number of carbonyl (C=O) groups is 3. The molecule has 0 fully saturated rings. The van der Waals surface area contributed by atoms with Gasteiger partial charge in [0.25, 0.3) is 5.91 Å². The average molecular weight is 387 g/mol. The molecule has 0 bridgehead atoms. The highest BCUT2D eigenvalue weighted by atomic mass is 19.1. The number of nitrogens with zero attached hydrogens (tertiary/aromatic N) is 1. The second-order valence-electron chi connectivity index (χ2n) is 6.37. The van der Waals surface area contributed by atoms with Crippen LogP contribution in [0.2, 0.25) is 0 Å². The highest BCUT2D eigenvalue weighted by Crippen LogP contribution is 2.19. The van der Waals surface area contributed by atoms with E-state index in [9.17, 15) is 18.8 Å². The molecule has 0 heterocycles. The van der Waals surface area contributed by atoms with Crippen LogP contribution in [0.25, 0.3) is 0 Å². The zero-order valence-electron chi connectivity index (χ0n) is 15.9. The summed E-state index contributed by atoms with van der Waals surface area (Å²) < 4.78 is 17.9. The molecule has 0 saturated heterocycles. The molecule has 0 saturated carbocycles. The van der Waals surface area contributed by atoms with E-state index in [1.807, 2.05) is 32.0 Å². The Hall–Kier alpha value is -3.42. The van der Waals surface area contributed by atoms with Crippen LogP contribution in [0.15, 0.2) is 36.4 Å². The van der Waals surface area contributed by atoms with E-state index in [0.717, 1.165) is 28.2 Å². The van der Waals surface area contributed by atoms with Gasteiger partial charge in [0.1, 0.15) is 5.82 Å². The molecule has 0 aliphatic carbocycles. The average Bonchev–Trinajstić information content (AvgIpc) is 2.62. The summed E-state index contributed by atoms with van der Waals surface area (Å²) in [4.78, 5) is 37.4. The second kappa shape index (κ2) is 8.98. The van der Waals surface area contributed by atoms with Crippen LogP contribution in [0.4, 0.5) is 15.8 Å². The normalized spacial score (nSPS) is 10.3. The number of nitrogens with one attached hydrogen (secondary N) is 1. The van der Waals surface area contributed by atoms with Crippen molar-refractivity contribution < 1.29 is 23.5 Å². The topological polar surface area (TPSA) is 102 Å². The molecule has 0 atom stereocenters. The van der Waals surface area contributed by atoms with Crippen LogP contribution in [0.1, 0.15) is 21.5 Å². The Bertz CT molecular complexity index is 894. The number of para-hydroxylation sites is 1. The minimum absolute atomic E-state index is 0.0374. The molecule has 2 rings (SSSR count). The molecule has 2 amide bonds. The SMILES string of the molecule is Cc1cccc(C)c1NC(=O)CN(C)C(=O)COC(=O)c1ccc(F)cc1N. The van der Waals surface area contributed by atoms with Crippen molar-refractivity contribution in [1.82, 2.24) is 4.90 Å². The van der Waals surface area contributed by atoms with Gasteiger partial charge in [-0.3, -0.25) is 9.59 Å². The molecule has 2 aromatic carbocycles. The summed E-state index contributed by atoms with van der Waals surface area (Å²) in [5, 5.41) is 2.78. The van der Waals surface area contributed by atoms with Crippen LogP contribution in [0, 0.1) is 19.7 Å². The monoisotopic (exact) mass is 387 g/mol. The van der Waals surface area contributed by atoms with E-state index in [1.54, 1.807) is 0 Å². The number of carbonyl (C=O) groups excluding carboxylic acids is 3. The smallest absolute Gasteiger partial charge is 0.340 e. The number of anilines is 2. The molecule has 0 aliphatic heterocycles. The van der Waals surface area contributed by atoms with Crippen molar-refractivity contribution in [2.45, 2.75) is 13.8 Å². The number of halogens is 1. The first-order valence-corrected chi connectivity index (χ1v) is 8.51. The fourth-order valence-electron chi connectivity index (χ4n) is 2.53. The van der Waals surface area contributed by atoms with Gasteiger partial charge in [-0.25, -0.2) is 9.18 Å². The van der Waals surface area contributed by atoms with E-state index in [4.69, 9.17) is 10.5 Å². The Morgan fingerprint density at radius 2 is 1.79 bits per heavy atom. The van der Waals surface area contributed by atoms with Gasteiger partial charge >= 0.3 is 5.97 Å². The number of esters is 1. The van der Waals surface area contributed by atoms with Crippen molar-refractivity contribution in [1.29, 1.82) is 0 Å². The number of nitrogens with two attached hydrogens (primary N) is 1. The minimum atomic E-state index is -0.848. The number of rotatable bonds is 6. The highest BCUT2D eigenvalue weighted by Gasteiger charge is 2.18. The fourth-order valence-corrected chi connectivity index (χ4v) is 2.53. The fraction of sp³-hybridized carbons (Fsp3) is 0.250. The van der Waals surface area contributed by atoms with Crippen LogP contribution >= 0.6 is 0 Å². The lowest BCUT2D eigenvalue weighted by Gasteiger charge is -2.18. The van der Waals surface area contributed by atoms with E-state index in [0.29, 0.717) is 5.69 Å². The quantitative estimate of drug-likeness (QED) is 0.585. The van der Waals surface area contributed by atoms with Gasteiger partial charge < -0.3 is 20.7 Å². The first-order chi connectivity index (χ1) is 13.2. The standard InChI is InChI=1S/C20H22FN3O4/c1-12-5-4-6-13(2)19(12)23-17(25)10-24(3)18(26)11-28-20(27)15-8-7-14(21)9-16(15)22/h4-9H,10-11,22H2,1-3H3,(H,23,25). The van der Waals surface area contributed by atoms with E-state index >= 15 is 0 Å². The van der Waals surface area contributed by atoms with Crippen LogP contribution < -0.4 is 11.1 Å². The summed E-state index contributed by atoms with van der Waals surface area (Å²) in [6.07, 6.45) is 0. The third-order valence-corrected chi connectivity index (χ3v) is 4.11. The molecule has 0 radical (unpaired) electrons. The number of benzene rings is 2. The molecular weight excluding hydrogens is 365 g/mol. The molecule has 8 heteroatoms. The maximum absolute atomic E-state index is 13.0. The first-order valence-electron chi connectivity index (χ1n) is 8.51. The summed E-state index contributed by atoms with van der Waals surface area (Å²) in [6.45, 7) is 2.97. The second-order valence-corrected chi connectivity index (χ2v) is 6.37. The Morgan fingerprint density at radius 3 is 2.39 bits per heavy atom. The number of ether oxygens (including phenoxy) is 1. The number of hydrogen-bond donors (Lipinski definition) is 2. The molecule has 3 N–H and O–H groups in total. The van der Waals surface area contributed by atoms with Gasteiger partial charge in [0.05, 0.1) is 12.1 Å². The molecule has 0 spiro atoms. The van der Waals surface area contributed by atoms with E-state index in [1.165, 1.54) is 13.1 Å². The molecule has 7 nitrogen and oxygen atoms in total. The van der Waals surface area contributed by atoms with E-state index in [2.05, 4.69) is 5.32 Å². The van der Waals surface area contributed by atoms with Crippen molar-refractivity contribution in [3.63, 3.8) is 0 Å². The Morgan fingerprint density at radius 1 is 1.14 bits per heavy atom. The van der Waals surface area contributed by atoms with Gasteiger partial charge in [-0.2, -0.15) is 0 Å². The molecule has 28 heavy (non-hydrogen) atoms. The van der Waals surface area contributed by atoms with E-state index in [-0.39, 0.29) is 23.7 Å². The van der Waals surface area contributed by atoms with Crippen molar-refractivity contribution >= 4 is 29.2 Å². The van der Waals surface area contributed by atoms with Gasteiger partial charge in [0.2, 0.25) is 5.91 Å². The van der Waals surface area contributed by atoms with Gasteiger partial charge in [0, 0.05) is 18.4 Å². The lowest BCUT2D eigenvalue weighted by molar-refractivity contribution is -0.136. The third kappa shape index (κ3) is 5.29. The van der Waals surface area contributed by atoms with Gasteiger partial charge in [0.15, 0.2) is 6.61 Å². The minimum Gasteiger partial charge on any atom is -0.452 e. The number of likely N-dealkylation sites (N-methyl/N-ethyl adjacent to an activating group) is 1. The zero-order valence-corrected chi connectivity index (χ0v) is 15.9. The number of amides is 2. The Balaban J connectivity index is 1.88. The number of hydrogen-bond acceptors (Lipinski definition) is 5. The lowest BCUT2D eigenvalue weighted by Crippen LogP contribution is -2.37. The van der Waals surface area contributed by atoms with Gasteiger partial charge in [-0.1, -0.05) is 18.2 Å². The van der Waals surface area contributed by atoms with Crippen molar-refractivity contribution in [3.05, 3.63) is 58.9 Å². The van der Waals surface area contributed by atoms with Crippen molar-refractivity contribution in [3.8, 4) is 0 Å². The summed E-state index contributed by atoms with van der Waals surface area (Å²) in [7, 11) is 1.42. The maximum Gasteiger partial charge on any atom is 0.340 e. The van der Waals surface area contributed by atoms with Gasteiger partial charge in [-0.05, 0) is 43.2 Å². The summed E-state index contributed by atoms with van der Waals surface area (Å²) in [5.41, 5.74) is 7.96. The van der Waals surface area contributed by atoms with E-state index < -0.39 is 24.3 Å². The molecule has 0 aliphatic rings. The Kier molecular flexibility index (Phi) is 6.70. The highest BCUT2D eigenvalue weighted by molar-refractivity contribution is 5.97. The van der Waals surface area contributed by atoms with Crippen LogP contribution in [-0.2, 0) is 14.3 Å².